The molecule has 0 fully saturated rings. The van der Waals surface area contributed by atoms with E-state index in [9.17, 15) is 18.4 Å². The summed E-state index contributed by atoms with van der Waals surface area (Å²) in [5.74, 6) is -2.29. The summed E-state index contributed by atoms with van der Waals surface area (Å²) in [6.07, 6.45) is -1.63. The number of rotatable bonds is 5. The van der Waals surface area contributed by atoms with Gasteiger partial charge in [0.15, 0.2) is 0 Å². The van der Waals surface area contributed by atoms with Crippen LogP contribution < -0.4 is 5.32 Å². The van der Waals surface area contributed by atoms with Crippen LogP contribution >= 0.6 is 0 Å². The minimum absolute atomic E-state index is 0.152. The molecule has 1 unspecified atom stereocenters. The van der Waals surface area contributed by atoms with E-state index in [-0.39, 0.29) is 12.0 Å². The van der Waals surface area contributed by atoms with Crippen LogP contribution in [0, 0.1) is 11.6 Å². The molecule has 0 saturated carbocycles. The van der Waals surface area contributed by atoms with Crippen molar-refractivity contribution in [2.45, 2.75) is 12.5 Å². The Hall–Kier alpha value is -2.22. The van der Waals surface area contributed by atoms with E-state index in [2.05, 4.69) is 4.84 Å². The molecule has 20 heavy (non-hydrogen) atoms. The number of carboxylic acid groups (broad SMARTS) is 1. The molecule has 1 rings (SSSR count). The maximum Gasteiger partial charge on any atom is 0.405 e. The maximum atomic E-state index is 13.1. The van der Waals surface area contributed by atoms with Crippen LogP contribution in [-0.2, 0) is 16.1 Å². The van der Waals surface area contributed by atoms with Gasteiger partial charge in [-0.3, -0.25) is 9.63 Å². The number of nitrogens with zero attached hydrogens (tertiary/aromatic N) is 1. The fourth-order valence-electron chi connectivity index (χ4n) is 1.62. The molecule has 0 bridgehead atoms. The number of hydrogen-bond acceptors (Lipinski definition) is 3. The first-order chi connectivity index (χ1) is 9.33. The standard InChI is InChI=1S/C12H14F2N2O4/c1-16(20-2)11(17)10(15-12(18)19)5-7-3-8(13)6-9(14)4-7/h3-4,6,10,15H,5H2,1-2H3,(H,18,19). The van der Waals surface area contributed by atoms with E-state index in [1.165, 1.54) is 14.2 Å². The van der Waals surface area contributed by atoms with Crippen molar-refractivity contribution in [3.05, 3.63) is 35.4 Å². The van der Waals surface area contributed by atoms with Crippen molar-refractivity contribution in [1.29, 1.82) is 0 Å². The number of hydrogen-bond donors (Lipinski definition) is 2. The van der Waals surface area contributed by atoms with Crippen LogP contribution in [0.1, 0.15) is 5.56 Å². The molecule has 8 heteroatoms. The first kappa shape index (κ1) is 15.8. The molecule has 1 aromatic rings. The Morgan fingerprint density at radius 1 is 1.35 bits per heavy atom. The summed E-state index contributed by atoms with van der Waals surface area (Å²) in [4.78, 5) is 27.2. The lowest BCUT2D eigenvalue weighted by Gasteiger charge is -2.21. The van der Waals surface area contributed by atoms with Gasteiger partial charge in [0.2, 0.25) is 0 Å². The van der Waals surface area contributed by atoms with E-state index in [0.717, 1.165) is 17.2 Å². The van der Waals surface area contributed by atoms with Gasteiger partial charge >= 0.3 is 6.09 Å². The molecule has 0 heterocycles. The molecule has 2 N–H and O–H groups in total. The zero-order chi connectivity index (χ0) is 15.3. The Kier molecular flexibility index (Phi) is 5.39. The summed E-state index contributed by atoms with van der Waals surface area (Å²) in [6, 6.07) is 1.53. The number of carbonyl (C=O) groups is 2. The van der Waals surface area contributed by atoms with Crippen LogP contribution in [0.25, 0.3) is 0 Å². The van der Waals surface area contributed by atoms with E-state index in [4.69, 9.17) is 5.11 Å². The Morgan fingerprint density at radius 3 is 2.35 bits per heavy atom. The minimum atomic E-state index is -1.43. The average Bonchev–Trinajstić information content (AvgIpc) is 2.34. The van der Waals surface area contributed by atoms with Crippen molar-refractivity contribution in [2.24, 2.45) is 0 Å². The van der Waals surface area contributed by atoms with Gasteiger partial charge in [0.25, 0.3) is 5.91 Å². The predicted octanol–water partition coefficient (Wildman–Crippen LogP) is 1.16. The van der Waals surface area contributed by atoms with Crippen LogP contribution in [-0.4, -0.2) is 42.4 Å². The molecule has 0 aliphatic heterocycles. The molecule has 0 saturated heterocycles. The van der Waals surface area contributed by atoms with E-state index >= 15 is 0 Å². The monoisotopic (exact) mass is 288 g/mol. The Labute approximate surface area is 113 Å². The van der Waals surface area contributed by atoms with E-state index in [0.29, 0.717) is 6.07 Å². The Bertz CT molecular complexity index is 490. The van der Waals surface area contributed by atoms with Crippen LogP contribution in [0.4, 0.5) is 13.6 Å². The number of hydroxylamine groups is 2. The molecule has 0 aliphatic carbocycles. The highest BCUT2D eigenvalue weighted by atomic mass is 19.1. The second kappa shape index (κ2) is 6.80. The first-order valence-corrected chi connectivity index (χ1v) is 5.59. The van der Waals surface area contributed by atoms with E-state index < -0.39 is 29.7 Å². The second-order valence-electron chi connectivity index (χ2n) is 4.00. The number of halogens is 2. The van der Waals surface area contributed by atoms with Crippen molar-refractivity contribution in [3.63, 3.8) is 0 Å². The van der Waals surface area contributed by atoms with Crippen LogP contribution in [0.5, 0.6) is 0 Å². The van der Waals surface area contributed by atoms with Gasteiger partial charge in [-0.15, -0.1) is 0 Å². The van der Waals surface area contributed by atoms with Crippen molar-refractivity contribution < 1.29 is 28.3 Å². The molecule has 0 radical (unpaired) electrons. The quantitative estimate of drug-likeness (QED) is 0.797. The molecule has 2 amide bonds. The van der Waals surface area contributed by atoms with Gasteiger partial charge in [-0.1, -0.05) is 0 Å². The molecular weight excluding hydrogens is 274 g/mol. The Balaban J connectivity index is 2.94. The lowest BCUT2D eigenvalue weighted by molar-refractivity contribution is -0.170. The van der Waals surface area contributed by atoms with E-state index in [1.807, 2.05) is 5.32 Å². The normalized spacial score (nSPS) is 11.8. The summed E-state index contributed by atoms with van der Waals surface area (Å²) in [5.41, 5.74) is 0.152. The highest BCUT2D eigenvalue weighted by molar-refractivity contribution is 5.84. The zero-order valence-corrected chi connectivity index (χ0v) is 10.9. The fraction of sp³-hybridized carbons (Fsp3) is 0.333. The van der Waals surface area contributed by atoms with Crippen molar-refractivity contribution >= 4 is 12.0 Å². The van der Waals surface area contributed by atoms with Gasteiger partial charge < -0.3 is 10.4 Å². The maximum absolute atomic E-state index is 13.1. The highest BCUT2D eigenvalue weighted by Crippen LogP contribution is 2.11. The third-order valence-electron chi connectivity index (χ3n) is 2.54. The molecule has 6 nitrogen and oxygen atoms in total. The van der Waals surface area contributed by atoms with Gasteiger partial charge in [0, 0.05) is 19.5 Å². The Morgan fingerprint density at radius 2 is 1.90 bits per heavy atom. The first-order valence-electron chi connectivity index (χ1n) is 5.59. The SMILES string of the molecule is CON(C)C(=O)C(Cc1cc(F)cc(F)c1)NC(=O)O. The molecule has 0 aliphatic rings. The van der Waals surface area contributed by atoms with Crippen molar-refractivity contribution in [3.8, 4) is 0 Å². The highest BCUT2D eigenvalue weighted by Gasteiger charge is 2.24. The summed E-state index contributed by atoms with van der Waals surface area (Å²) < 4.78 is 26.1. The third kappa shape index (κ3) is 4.47. The predicted molar refractivity (Wildman–Crippen MR) is 64.8 cm³/mol. The largest absolute Gasteiger partial charge is 0.465 e. The molecule has 1 aromatic carbocycles. The van der Waals surface area contributed by atoms with Crippen molar-refractivity contribution in [1.82, 2.24) is 10.4 Å². The summed E-state index contributed by atoms with van der Waals surface area (Å²) in [5, 5.41) is 11.5. The fourth-order valence-corrected chi connectivity index (χ4v) is 1.62. The molecule has 0 spiro atoms. The molecule has 1 atom stereocenters. The molecular formula is C12H14F2N2O4. The lowest BCUT2D eigenvalue weighted by atomic mass is 10.0. The van der Waals surface area contributed by atoms with Gasteiger partial charge in [0.1, 0.15) is 17.7 Å². The van der Waals surface area contributed by atoms with Gasteiger partial charge in [0.05, 0.1) is 7.11 Å². The number of amides is 2. The summed E-state index contributed by atoms with van der Waals surface area (Å²) >= 11 is 0. The zero-order valence-electron chi connectivity index (χ0n) is 10.9. The van der Waals surface area contributed by atoms with Gasteiger partial charge in [-0.25, -0.2) is 18.6 Å². The minimum Gasteiger partial charge on any atom is -0.465 e. The lowest BCUT2D eigenvalue weighted by Crippen LogP contribution is -2.47. The number of nitrogens with one attached hydrogen (secondary N) is 1. The van der Waals surface area contributed by atoms with Crippen LogP contribution in [0.3, 0.4) is 0 Å². The van der Waals surface area contributed by atoms with E-state index in [1.54, 1.807) is 0 Å². The molecule has 0 aromatic heterocycles. The number of likely N-dealkylation sites (N-methyl/N-ethyl adjacent to an activating group) is 1. The summed E-state index contributed by atoms with van der Waals surface area (Å²) in [7, 11) is 2.53. The van der Waals surface area contributed by atoms with Gasteiger partial charge in [-0.2, -0.15) is 0 Å². The average molecular weight is 288 g/mol. The smallest absolute Gasteiger partial charge is 0.405 e. The topological polar surface area (TPSA) is 78.9 Å². The molecule has 110 valence electrons. The van der Waals surface area contributed by atoms with Gasteiger partial charge in [-0.05, 0) is 17.7 Å². The second-order valence-corrected chi connectivity index (χ2v) is 4.00. The van der Waals surface area contributed by atoms with Crippen LogP contribution in [0.2, 0.25) is 0 Å². The number of carbonyl (C=O) groups excluding carboxylic acids is 1. The van der Waals surface area contributed by atoms with Crippen molar-refractivity contribution in [2.75, 3.05) is 14.2 Å². The van der Waals surface area contributed by atoms with Crippen LogP contribution in [0.15, 0.2) is 18.2 Å². The summed E-state index contributed by atoms with van der Waals surface area (Å²) in [6.45, 7) is 0. The third-order valence-corrected chi connectivity index (χ3v) is 2.54. The number of benzene rings is 1.